The third-order valence-electron chi connectivity index (χ3n) is 3.31. The van der Waals surface area contributed by atoms with Crippen molar-refractivity contribution < 1.29 is 0 Å². The lowest BCUT2D eigenvalue weighted by atomic mass is 9.83. The lowest BCUT2D eigenvalue weighted by Gasteiger charge is -2.32. The van der Waals surface area contributed by atoms with Gasteiger partial charge in [0.25, 0.3) is 0 Å². The Labute approximate surface area is 111 Å². The molecular formula is C15H27N3. The van der Waals surface area contributed by atoms with E-state index in [9.17, 15) is 0 Å². The van der Waals surface area contributed by atoms with Gasteiger partial charge in [-0.15, -0.1) is 0 Å². The van der Waals surface area contributed by atoms with E-state index in [1.807, 2.05) is 6.07 Å². The van der Waals surface area contributed by atoms with Gasteiger partial charge in [-0.3, -0.25) is 0 Å². The van der Waals surface area contributed by atoms with Crippen LogP contribution in [-0.4, -0.2) is 17.6 Å². The molecular weight excluding hydrogens is 222 g/mol. The fourth-order valence-corrected chi connectivity index (χ4v) is 2.12. The Morgan fingerprint density at radius 1 is 1.39 bits per heavy atom. The van der Waals surface area contributed by atoms with E-state index in [-0.39, 0.29) is 5.41 Å². The standard InChI is InChI=1S/C15H27N3/c1-5-10-17-13(15(2,3)4)9-8-12-7-6-11-18-14(12)16/h6-7,11,13,17H,5,8-10H2,1-4H3,(H2,16,18). The van der Waals surface area contributed by atoms with E-state index in [4.69, 9.17) is 5.73 Å². The van der Waals surface area contributed by atoms with Crippen molar-refractivity contribution in [2.75, 3.05) is 12.3 Å². The SMILES string of the molecule is CCCNC(CCc1cccnc1N)C(C)(C)C. The van der Waals surface area contributed by atoms with E-state index in [2.05, 4.69) is 44.1 Å². The largest absolute Gasteiger partial charge is 0.383 e. The van der Waals surface area contributed by atoms with Crippen molar-refractivity contribution >= 4 is 5.82 Å². The number of pyridine rings is 1. The Balaban J connectivity index is 2.59. The second kappa shape index (κ2) is 6.74. The molecule has 0 bridgehead atoms. The van der Waals surface area contributed by atoms with Gasteiger partial charge < -0.3 is 11.1 Å². The summed E-state index contributed by atoms with van der Waals surface area (Å²) in [4.78, 5) is 4.14. The Kier molecular flexibility index (Phi) is 5.60. The summed E-state index contributed by atoms with van der Waals surface area (Å²) >= 11 is 0. The minimum absolute atomic E-state index is 0.270. The monoisotopic (exact) mass is 249 g/mol. The molecule has 1 unspecified atom stereocenters. The zero-order valence-electron chi connectivity index (χ0n) is 12.2. The smallest absolute Gasteiger partial charge is 0.126 e. The summed E-state index contributed by atoms with van der Waals surface area (Å²) in [7, 11) is 0. The number of nitrogen functional groups attached to an aromatic ring is 1. The number of aryl methyl sites for hydroxylation is 1. The Bertz CT molecular complexity index is 355. The second-order valence-corrected chi connectivity index (χ2v) is 5.96. The van der Waals surface area contributed by atoms with Gasteiger partial charge in [-0.05, 0) is 42.9 Å². The fourth-order valence-electron chi connectivity index (χ4n) is 2.12. The molecule has 0 saturated heterocycles. The van der Waals surface area contributed by atoms with Crippen molar-refractivity contribution in [3.8, 4) is 0 Å². The quantitative estimate of drug-likeness (QED) is 0.815. The van der Waals surface area contributed by atoms with E-state index in [0.29, 0.717) is 11.9 Å². The highest BCUT2D eigenvalue weighted by molar-refractivity contribution is 5.38. The molecule has 1 atom stereocenters. The first-order valence-electron chi connectivity index (χ1n) is 6.88. The third-order valence-corrected chi connectivity index (χ3v) is 3.31. The van der Waals surface area contributed by atoms with E-state index in [1.165, 1.54) is 6.42 Å². The number of anilines is 1. The van der Waals surface area contributed by atoms with Crippen LogP contribution >= 0.6 is 0 Å². The number of aromatic nitrogens is 1. The van der Waals surface area contributed by atoms with Gasteiger partial charge in [0.05, 0.1) is 0 Å². The molecule has 18 heavy (non-hydrogen) atoms. The highest BCUT2D eigenvalue weighted by Crippen LogP contribution is 2.24. The minimum atomic E-state index is 0.270. The normalized spacial score (nSPS) is 13.6. The maximum absolute atomic E-state index is 5.88. The molecule has 3 N–H and O–H groups in total. The molecule has 1 aromatic rings. The van der Waals surface area contributed by atoms with Gasteiger partial charge in [-0.2, -0.15) is 0 Å². The van der Waals surface area contributed by atoms with Gasteiger partial charge in [0.1, 0.15) is 5.82 Å². The highest BCUT2D eigenvalue weighted by atomic mass is 14.9. The van der Waals surface area contributed by atoms with Gasteiger partial charge >= 0.3 is 0 Å². The second-order valence-electron chi connectivity index (χ2n) is 5.96. The Hall–Kier alpha value is -1.09. The van der Waals surface area contributed by atoms with Crippen LogP contribution in [0.3, 0.4) is 0 Å². The minimum Gasteiger partial charge on any atom is -0.383 e. The number of hydrogen-bond donors (Lipinski definition) is 2. The number of hydrogen-bond acceptors (Lipinski definition) is 3. The molecule has 1 rings (SSSR count). The van der Waals surface area contributed by atoms with Gasteiger partial charge in [0.15, 0.2) is 0 Å². The van der Waals surface area contributed by atoms with Crippen LogP contribution in [0.5, 0.6) is 0 Å². The average Bonchev–Trinajstić information content (AvgIpc) is 2.29. The molecule has 1 heterocycles. The molecule has 0 spiro atoms. The van der Waals surface area contributed by atoms with Gasteiger partial charge in [-0.1, -0.05) is 33.8 Å². The summed E-state index contributed by atoms with van der Waals surface area (Å²) in [6.07, 6.45) is 4.99. The number of rotatable bonds is 6. The first-order valence-corrected chi connectivity index (χ1v) is 6.88. The summed E-state index contributed by atoms with van der Waals surface area (Å²) < 4.78 is 0. The Morgan fingerprint density at radius 3 is 2.67 bits per heavy atom. The van der Waals surface area contributed by atoms with E-state index >= 15 is 0 Å². The van der Waals surface area contributed by atoms with Crippen LogP contribution in [-0.2, 0) is 6.42 Å². The Morgan fingerprint density at radius 2 is 2.11 bits per heavy atom. The average molecular weight is 249 g/mol. The van der Waals surface area contributed by atoms with Crippen molar-refractivity contribution in [1.29, 1.82) is 0 Å². The topological polar surface area (TPSA) is 50.9 Å². The summed E-state index contributed by atoms with van der Waals surface area (Å²) in [5.74, 6) is 0.667. The first-order chi connectivity index (χ1) is 8.45. The van der Waals surface area contributed by atoms with Crippen molar-refractivity contribution in [3.05, 3.63) is 23.9 Å². The fraction of sp³-hybridized carbons (Fsp3) is 0.667. The van der Waals surface area contributed by atoms with E-state index < -0.39 is 0 Å². The first kappa shape index (κ1) is 15.0. The van der Waals surface area contributed by atoms with Crippen molar-refractivity contribution in [2.45, 2.75) is 53.0 Å². The lowest BCUT2D eigenvalue weighted by molar-refractivity contribution is 0.255. The van der Waals surface area contributed by atoms with E-state index in [0.717, 1.165) is 24.9 Å². The molecule has 0 fully saturated rings. The molecule has 102 valence electrons. The highest BCUT2D eigenvalue weighted by Gasteiger charge is 2.23. The number of nitrogens with two attached hydrogens (primary N) is 1. The van der Waals surface area contributed by atoms with Crippen molar-refractivity contribution in [2.24, 2.45) is 5.41 Å². The molecule has 0 radical (unpaired) electrons. The predicted octanol–water partition coefficient (Wildman–Crippen LogP) is 3.01. The zero-order valence-corrected chi connectivity index (χ0v) is 12.2. The van der Waals surface area contributed by atoms with Crippen molar-refractivity contribution in [1.82, 2.24) is 10.3 Å². The molecule has 1 aromatic heterocycles. The van der Waals surface area contributed by atoms with E-state index in [1.54, 1.807) is 6.20 Å². The number of nitrogens with one attached hydrogen (secondary N) is 1. The van der Waals surface area contributed by atoms with Crippen LogP contribution in [0.4, 0.5) is 5.82 Å². The number of nitrogens with zero attached hydrogens (tertiary/aromatic N) is 1. The maximum atomic E-state index is 5.88. The van der Waals surface area contributed by atoms with Crippen LogP contribution in [0.15, 0.2) is 18.3 Å². The zero-order chi connectivity index (χ0) is 13.6. The van der Waals surface area contributed by atoms with Crippen molar-refractivity contribution in [3.63, 3.8) is 0 Å². The maximum Gasteiger partial charge on any atom is 0.126 e. The van der Waals surface area contributed by atoms with Gasteiger partial charge in [0.2, 0.25) is 0 Å². The summed E-state index contributed by atoms with van der Waals surface area (Å²) in [6.45, 7) is 10.1. The van der Waals surface area contributed by atoms with Crippen LogP contribution < -0.4 is 11.1 Å². The molecule has 0 aliphatic carbocycles. The van der Waals surface area contributed by atoms with Crippen LogP contribution in [0.2, 0.25) is 0 Å². The molecule has 0 aliphatic heterocycles. The molecule has 0 amide bonds. The molecule has 3 nitrogen and oxygen atoms in total. The molecule has 3 heteroatoms. The summed E-state index contributed by atoms with van der Waals surface area (Å²) in [6, 6.07) is 4.54. The van der Waals surface area contributed by atoms with Crippen LogP contribution in [0, 0.1) is 5.41 Å². The third kappa shape index (κ3) is 4.65. The summed E-state index contributed by atoms with van der Waals surface area (Å²) in [5.41, 5.74) is 7.31. The lowest BCUT2D eigenvalue weighted by Crippen LogP contribution is -2.41. The summed E-state index contributed by atoms with van der Waals surface area (Å²) in [5, 5.41) is 3.64. The molecule has 0 aromatic carbocycles. The van der Waals surface area contributed by atoms with Gasteiger partial charge in [0, 0.05) is 12.2 Å². The molecule has 0 aliphatic rings. The predicted molar refractivity (Wildman–Crippen MR) is 78.5 cm³/mol. The van der Waals surface area contributed by atoms with Crippen LogP contribution in [0.1, 0.15) is 46.1 Å². The van der Waals surface area contributed by atoms with Crippen LogP contribution in [0.25, 0.3) is 0 Å². The van der Waals surface area contributed by atoms with Gasteiger partial charge in [-0.25, -0.2) is 4.98 Å². The molecule has 0 saturated carbocycles.